The molecule has 9 heteroatoms. The van der Waals surface area contributed by atoms with Gasteiger partial charge in [-0.15, -0.1) is 0 Å². The van der Waals surface area contributed by atoms with E-state index in [-0.39, 0.29) is 30.3 Å². The number of carboxylic acid groups (broad SMARTS) is 1. The zero-order valence-electron chi connectivity index (χ0n) is 12.3. The van der Waals surface area contributed by atoms with E-state index in [0.29, 0.717) is 5.02 Å². The van der Waals surface area contributed by atoms with Crippen molar-refractivity contribution in [1.82, 2.24) is 10.2 Å². The highest BCUT2D eigenvalue weighted by atomic mass is 35.5. The summed E-state index contributed by atoms with van der Waals surface area (Å²) in [5.74, 6) is -2.19. The zero-order chi connectivity index (χ0) is 17.4. The summed E-state index contributed by atoms with van der Waals surface area (Å²) in [4.78, 5) is 35.8. The van der Waals surface area contributed by atoms with Crippen molar-refractivity contribution in [2.45, 2.75) is 0 Å². The summed E-state index contributed by atoms with van der Waals surface area (Å²) >= 11 is 11.6. The number of halogens is 2. The number of nitrogens with zero attached hydrogens (tertiary/aromatic N) is 1. The zero-order valence-corrected chi connectivity index (χ0v) is 13.9. The van der Waals surface area contributed by atoms with Gasteiger partial charge in [-0.2, -0.15) is 0 Å². The first-order chi connectivity index (χ1) is 10.8. The van der Waals surface area contributed by atoms with Crippen molar-refractivity contribution in [3.8, 4) is 0 Å². The fourth-order valence-electron chi connectivity index (χ4n) is 1.66. The second-order valence-corrected chi connectivity index (χ2v) is 5.33. The van der Waals surface area contributed by atoms with Crippen molar-refractivity contribution >= 4 is 41.0 Å². The molecule has 0 radical (unpaired) electrons. The van der Waals surface area contributed by atoms with Gasteiger partial charge in [-0.05, 0) is 18.2 Å². The van der Waals surface area contributed by atoms with Crippen LogP contribution in [0.4, 0.5) is 0 Å². The monoisotopic (exact) mass is 362 g/mol. The molecule has 23 heavy (non-hydrogen) atoms. The van der Waals surface area contributed by atoms with E-state index in [1.807, 2.05) is 0 Å². The van der Waals surface area contributed by atoms with Gasteiger partial charge in [-0.1, -0.05) is 23.2 Å². The lowest BCUT2D eigenvalue weighted by atomic mass is 10.2. The molecular weight excluding hydrogens is 347 g/mol. The fourth-order valence-corrected chi connectivity index (χ4v) is 1.96. The largest absolute Gasteiger partial charge is 0.480 e. The Balaban J connectivity index is 2.62. The standard InChI is InChI=1S/C14H16Cl2N2O5/c1-23-5-4-18(8-13(20)21)12(19)7-17-14(22)9-2-3-10(15)11(16)6-9/h2-3,6H,4-5,7-8H2,1H3,(H,17,22)(H,20,21). The summed E-state index contributed by atoms with van der Waals surface area (Å²) in [6, 6.07) is 4.31. The lowest BCUT2D eigenvalue weighted by Crippen LogP contribution is -2.44. The van der Waals surface area contributed by atoms with E-state index in [1.165, 1.54) is 25.3 Å². The third-order valence-electron chi connectivity index (χ3n) is 2.83. The molecule has 1 rings (SSSR count). The highest BCUT2D eigenvalue weighted by molar-refractivity contribution is 6.42. The number of carbonyl (C=O) groups is 3. The van der Waals surface area contributed by atoms with Gasteiger partial charge in [0.05, 0.1) is 23.2 Å². The number of rotatable bonds is 8. The van der Waals surface area contributed by atoms with E-state index in [2.05, 4.69) is 5.32 Å². The summed E-state index contributed by atoms with van der Waals surface area (Å²) in [6.07, 6.45) is 0. The predicted octanol–water partition coefficient (Wildman–Crippen LogP) is 1.28. The maximum atomic E-state index is 12.0. The normalized spacial score (nSPS) is 10.2. The van der Waals surface area contributed by atoms with Gasteiger partial charge in [0.1, 0.15) is 6.54 Å². The Hall–Kier alpha value is -1.83. The minimum Gasteiger partial charge on any atom is -0.480 e. The molecule has 2 N–H and O–H groups in total. The Morgan fingerprint density at radius 2 is 1.96 bits per heavy atom. The maximum Gasteiger partial charge on any atom is 0.323 e. The Morgan fingerprint density at radius 3 is 2.52 bits per heavy atom. The highest BCUT2D eigenvalue weighted by Gasteiger charge is 2.17. The summed E-state index contributed by atoms with van der Waals surface area (Å²) in [7, 11) is 1.44. The number of aliphatic carboxylic acids is 1. The van der Waals surface area contributed by atoms with Crippen molar-refractivity contribution in [2.75, 3.05) is 33.4 Å². The summed E-state index contributed by atoms with van der Waals surface area (Å²) in [5, 5.41) is 11.7. The molecule has 0 heterocycles. The van der Waals surface area contributed by atoms with Crippen LogP contribution in [0.5, 0.6) is 0 Å². The number of hydrogen-bond acceptors (Lipinski definition) is 4. The number of amides is 2. The van der Waals surface area contributed by atoms with Gasteiger partial charge in [0, 0.05) is 19.2 Å². The topological polar surface area (TPSA) is 95.9 Å². The molecule has 0 saturated carbocycles. The number of hydrogen-bond donors (Lipinski definition) is 2. The Bertz CT molecular complexity index is 595. The lowest BCUT2D eigenvalue weighted by molar-refractivity contribution is -0.144. The first kappa shape index (κ1) is 19.2. The van der Waals surface area contributed by atoms with Crippen LogP contribution in [0.15, 0.2) is 18.2 Å². The minimum absolute atomic E-state index is 0.115. The van der Waals surface area contributed by atoms with Crippen molar-refractivity contribution in [2.24, 2.45) is 0 Å². The van der Waals surface area contributed by atoms with E-state index >= 15 is 0 Å². The molecule has 0 aliphatic carbocycles. The summed E-state index contributed by atoms with van der Waals surface area (Å²) in [5.41, 5.74) is 0.244. The molecule has 1 aromatic rings. The third kappa shape index (κ3) is 6.43. The Labute approximate surface area is 143 Å². The van der Waals surface area contributed by atoms with Crippen LogP contribution in [-0.2, 0) is 14.3 Å². The van der Waals surface area contributed by atoms with Crippen molar-refractivity contribution in [1.29, 1.82) is 0 Å². The number of benzene rings is 1. The fraction of sp³-hybridized carbons (Fsp3) is 0.357. The molecule has 0 aliphatic heterocycles. The molecular formula is C14H16Cl2N2O5. The van der Waals surface area contributed by atoms with Crippen LogP contribution in [0, 0.1) is 0 Å². The number of carbonyl (C=O) groups excluding carboxylic acids is 2. The van der Waals surface area contributed by atoms with Gasteiger partial charge in [0.25, 0.3) is 5.91 Å². The maximum absolute atomic E-state index is 12.0. The van der Waals surface area contributed by atoms with Crippen LogP contribution in [0.25, 0.3) is 0 Å². The van der Waals surface area contributed by atoms with E-state index in [0.717, 1.165) is 4.90 Å². The van der Waals surface area contributed by atoms with Gasteiger partial charge < -0.3 is 20.1 Å². The molecule has 0 bridgehead atoms. The first-order valence-corrected chi connectivity index (χ1v) is 7.32. The number of nitrogens with one attached hydrogen (secondary N) is 1. The van der Waals surface area contributed by atoms with Gasteiger partial charge in [0.2, 0.25) is 5.91 Å². The van der Waals surface area contributed by atoms with Crippen molar-refractivity contribution < 1.29 is 24.2 Å². The molecule has 0 saturated heterocycles. The number of ether oxygens (including phenoxy) is 1. The van der Waals surface area contributed by atoms with Gasteiger partial charge in [0.15, 0.2) is 0 Å². The molecule has 0 unspecified atom stereocenters. The van der Waals surface area contributed by atoms with Crippen LogP contribution >= 0.6 is 23.2 Å². The average molecular weight is 363 g/mol. The predicted molar refractivity (Wildman–Crippen MR) is 84.9 cm³/mol. The van der Waals surface area contributed by atoms with Crippen LogP contribution in [-0.4, -0.2) is 61.1 Å². The molecule has 0 atom stereocenters. The molecule has 126 valence electrons. The van der Waals surface area contributed by atoms with Gasteiger partial charge in [-0.3, -0.25) is 14.4 Å². The SMILES string of the molecule is COCCN(CC(=O)O)C(=O)CNC(=O)c1ccc(Cl)c(Cl)c1. The van der Waals surface area contributed by atoms with E-state index < -0.39 is 24.3 Å². The molecule has 0 spiro atoms. The van der Waals surface area contributed by atoms with Crippen molar-refractivity contribution in [3.63, 3.8) is 0 Å². The van der Waals surface area contributed by atoms with Gasteiger partial charge >= 0.3 is 5.97 Å². The second kappa shape index (κ2) is 9.34. The van der Waals surface area contributed by atoms with Crippen LogP contribution in [0.3, 0.4) is 0 Å². The van der Waals surface area contributed by atoms with Crippen LogP contribution in [0.1, 0.15) is 10.4 Å². The Morgan fingerprint density at radius 1 is 1.26 bits per heavy atom. The average Bonchev–Trinajstić information content (AvgIpc) is 2.51. The summed E-state index contributed by atoms with van der Waals surface area (Å²) < 4.78 is 4.82. The minimum atomic E-state index is -1.15. The highest BCUT2D eigenvalue weighted by Crippen LogP contribution is 2.22. The van der Waals surface area contributed by atoms with Crippen LogP contribution < -0.4 is 5.32 Å². The van der Waals surface area contributed by atoms with E-state index in [4.69, 9.17) is 33.0 Å². The molecule has 2 amide bonds. The summed E-state index contributed by atoms with van der Waals surface area (Å²) in [6.45, 7) is -0.495. The van der Waals surface area contributed by atoms with Gasteiger partial charge in [-0.25, -0.2) is 0 Å². The van der Waals surface area contributed by atoms with E-state index in [9.17, 15) is 14.4 Å². The lowest BCUT2D eigenvalue weighted by Gasteiger charge is -2.20. The molecule has 0 aromatic heterocycles. The molecule has 1 aromatic carbocycles. The quantitative estimate of drug-likeness (QED) is 0.726. The molecule has 0 fully saturated rings. The number of methoxy groups -OCH3 is 1. The van der Waals surface area contributed by atoms with Crippen LogP contribution in [0.2, 0.25) is 10.0 Å². The smallest absolute Gasteiger partial charge is 0.323 e. The van der Waals surface area contributed by atoms with Crippen molar-refractivity contribution in [3.05, 3.63) is 33.8 Å². The molecule has 0 aliphatic rings. The number of carboxylic acids is 1. The van der Waals surface area contributed by atoms with E-state index in [1.54, 1.807) is 0 Å². The third-order valence-corrected chi connectivity index (χ3v) is 3.57. The first-order valence-electron chi connectivity index (χ1n) is 6.57. The second-order valence-electron chi connectivity index (χ2n) is 4.51. The molecule has 7 nitrogen and oxygen atoms in total. The Kier molecular flexibility index (Phi) is 7.80.